The molecule has 4 nitrogen and oxygen atoms in total. The number of imidazole rings is 1. The van der Waals surface area contributed by atoms with E-state index in [2.05, 4.69) is 31.0 Å². The van der Waals surface area contributed by atoms with Crippen LogP contribution in [0.1, 0.15) is 17.4 Å². The Kier molecular flexibility index (Phi) is 3.14. The fourth-order valence-electron chi connectivity index (χ4n) is 2.48. The molecule has 20 heavy (non-hydrogen) atoms. The molecule has 0 aliphatic heterocycles. The van der Waals surface area contributed by atoms with Gasteiger partial charge in [-0.1, -0.05) is 6.92 Å². The van der Waals surface area contributed by atoms with E-state index in [4.69, 9.17) is 10.5 Å². The third-order valence-corrected chi connectivity index (χ3v) is 4.65. The summed E-state index contributed by atoms with van der Waals surface area (Å²) in [6, 6.07) is 6.21. The summed E-state index contributed by atoms with van der Waals surface area (Å²) in [4.78, 5) is 6.60. The maximum Gasteiger partial charge on any atom is 0.196 e. The second-order valence-electron chi connectivity index (χ2n) is 4.71. The van der Waals surface area contributed by atoms with Gasteiger partial charge in [0.1, 0.15) is 11.6 Å². The Balaban J connectivity index is 2.27. The molecule has 0 unspecified atom stereocenters. The molecule has 104 valence electrons. The molecule has 2 N–H and O–H groups in total. The first-order valence-corrected chi connectivity index (χ1v) is 7.37. The van der Waals surface area contributed by atoms with Crippen LogP contribution >= 0.6 is 11.3 Å². The lowest BCUT2D eigenvalue weighted by molar-refractivity contribution is 0.412. The van der Waals surface area contributed by atoms with Crippen molar-refractivity contribution >= 4 is 22.1 Å². The predicted molar refractivity (Wildman–Crippen MR) is 83.6 cm³/mol. The van der Waals surface area contributed by atoms with Crippen molar-refractivity contribution < 1.29 is 4.74 Å². The van der Waals surface area contributed by atoms with Gasteiger partial charge in [-0.15, -0.1) is 11.3 Å². The number of nitrogens with two attached hydrogens (primary N) is 1. The third-order valence-electron chi connectivity index (χ3n) is 3.45. The molecule has 0 aliphatic rings. The molecule has 0 radical (unpaired) electrons. The number of aromatic nitrogens is 2. The van der Waals surface area contributed by atoms with Crippen LogP contribution in [0.15, 0.2) is 24.4 Å². The predicted octanol–water partition coefficient (Wildman–Crippen LogP) is 3.52. The lowest BCUT2D eigenvalue weighted by Gasteiger charge is -2.09. The minimum absolute atomic E-state index is 0.680. The zero-order chi connectivity index (χ0) is 14.3. The smallest absolute Gasteiger partial charge is 0.196 e. The molecule has 1 aromatic carbocycles. The lowest BCUT2D eigenvalue weighted by atomic mass is 10.1. The Morgan fingerprint density at radius 2 is 2.20 bits per heavy atom. The third kappa shape index (κ3) is 1.86. The fourth-order valence-corrected chi connectivity index (χ4v) is 3.55. The van der Waals surface area contributed by atoms with Crippen molar-refractivity contribution in [3.63, 3.8) is 0 Å². The summed E-state index contributed by atoms with van der Waals surface area (Å²) in [6.07, 6.45) is 2.68. The van der Waals surface area contributed by atoms with Crippen LogP contribution in [0.4, 0.5) is 5.82 Å². The van der Waals surface area contributed by atoms with Crippen LogP contribution in [-0.2, 0) is 6.42 Å². The number of ether oxygens (including phenoxy) is 1. The first-order chi connectivity index (χ1) is 9.65. The molecule has 0 atom stereocenters. The molecule has 0 spiro atoms. The van der Waals surface area contributed by atoms with Gasteiger partial charge in [0, 0.05) is 10.4 Å². The largest absolute Gasteiger partial charge is 0.496 e. The molecule has 5 heteroatoms. The van der Waals surface area contributed by atoms with E-state index < -0.39 is 0 Å². The number of hydrogen-bond acceptors (Lipinski definition) is 4. The van der Waals surface area contributed by atoms with Crippen molar-refractivity contribution in [2.24, 2.45) is 0 Å². The number of hydrogen-bond donors (Lipinski definition) is 1. The molecule has 0 aliphatic carbocycles. The number of nitrogens with zero attached hydrogens (tertiary/aromatic N) is 2. The Bertz CT molecular complexity index is 773. The first kappa shape index (κ1) is 13.0. The van der Waals surface area contributed by atoms with Crippen LogP contribution in [-0.4, -0.2) is 16.5 Å². The molecule has 0 fully saturated rings. The van der Waals surface area contributed by atoms with Gasteiger partial charge < -0.3 is 10.5 Å². The topological polar surface area (TPSA) is 52.5 Å². The lowest BCUT2D eigenvalue weighted by Crippen LogP contribution is -1.96. The molecule has 0 bridgehead atoms. The summed E-state index contributed by atoms with van der Waals surface area (Å²) in [5.74, 6) is 1.58. The second-order valence-corrected chi connectivity index (χ2v) is 5.77. The summed E-state index contributed by atoms with van der Waals surface area (Å²) in [5, 5.41) is 0. The van der Waals surface area contributed by atoms with Gasteiger partial charge in [0.15, 0.2) is 4.96 Å². The van der Waals surface area contributed by atoms with Gasteiger partial charge in [-0.3, -0.25) is 4.40 Å². The van der Waals surface area contributed by atoms with Crippen molar-refractivity contribution in [1.29, 1.82) is 0 Å². The van der Waals surface area contributed by atoms with E-state index >= 15 is 0 Å². The van der Waals surface area contributed by atoms with Gasteiger partial charge in [0.25, 0.3) is 0 Å². The summed E-state index contributed by atoms with van der Waals surface area (Å²) in [7, 11) is 1.69. The van der Waals surface area contributed by atoms with Crippen molar-refractivity contribution in [1.82, 2.24) is 9.38 Å². The Morgan fingerprint density at radius 3 is 2.85 bits per heavy atom. The highest BCUT2D eigenvalue weighted by Gasteiger charge is 2.16. The summed E-state index contributed by atoms with van der Waals surface area (Å²) in [6.45, 7) is 4.20. The van der Waals surface area contributed by atoms with E-state index in [1.54, 1.807) is 24.6 Å². The zero-order valence-electron chi connectivity index (χ0n) is 11.8. The van der Waals surface area contributed by atoms with E-state index in [0.717, 1.165) is 34.0 Å². The Labute approximate surface area is 121 Å². The van der Waals surface area contributed by atoms with E-state index in [-0.39, 0.29) is 0 Å². The van der Waals surface area contributed by atoms with Gasteiger partial charge in [-0.05, 0) is 37.1 Å². The summed E-state index contributed by atoms with van der Waals surface area (Å²) < 4.78 is 7.36. The molecular formula is C15H17N3OS. The fraction of sp³-hybridized carbons (Fsp3) is 0.267. The van der Waals surface area contributed by atoms with E-state index in [0.29, 0.717) is 5.82 Å². The standard InChI is InChI=1S/C15H17N3OS/c1-4-12-14(18-13(16)8-17-15(18)20-12)10-5-6-11(19-3)9(2)7-10/h5-8H,4,16H2,1-3H3. The maximum atomic E-state index is 6.06. The summed E-state index contributed by atoms with van der Waals surface area (Å²) in [5.41, 5.74) is 9.47. The van der Waals surface area contributed by atoms with E-state index in [9.17, 15) is 0 Å². The van der Waals surface area contributed by atoms with Gasteiger partial charge in [0.05, 0.1) is 19.0 Å². The van der Waals surface area contributed by atoms with Gasteiger partial charge in [0.2, 0.25) is 0 Å². The molecule has 3 aromatic rings. The molecule has 0 amide bonds. The Hall–Kier alpha value is -2.01. The highest BCUT2D eigenvalue weighted by Crippen LogP contribution is 2.35. The van der Waals surface area contributed by atoms with Crippen LogP contribution < -0.4 is 10.5 Å². The monoisotopic (exact) mass is 287 g/mol. The number of thiazole rings is 1. The SMILES string of the molecule is CCc1sc2ncc(N)n2c1-c1ccc(OC)c(C)c1. The highest BCUT2D eigenvalue weighted by molar-refractivity contribution is 7.17. The van der Waals surface area contributed by atoms with Crippen LogP contribution in [0.25, 0.3) is 16.2 Å². The van der Waals surface area contributed by atoms with Crippen LogP contribution in [0.5, 0.6) is 5.75 Å². The van der Waals surface area contributed by atoms with Crippen molar-refractivity contribution in [2.45, 2.75) is 20.3 Å². The number of rotatable bonds is 3. The van der Waals surface area contributed by atoms with E-state index in [1.165, 1.54) is 4.88 Å². The zero-order valence-corrected chi connectivity index (χ0v) is 12.6. The molecule has 3 rings (SSSR count). The normalized spacial score (nSPS) is 11.2. The van der Waals surface area contributed by atoms with Crippen molar-refractivity contribution in [3.8, 4) is 17.0 Å². The minimum atomic E-state index is 0.680. The number of benzene rings is 1. The number of aryl methyl sites for hydroxylation is 2. The second kappa shape index (κ2) is 4.83. The Morgan fingerprint density at radius 1 is 1.40 bits per heavy atom. The molecule has 2 aromatic heterocycles. The van der Waals surface area contributed by atoms with Crippen LogP contribution in [0.2, 0.25) is 0 Å². The highest BCUT2D eigenvalue weighted by atomic mass is 32.1. The number of anilines is 1. The average molecular weight is 287 g/mol. The molecular weight excluding hydrogens is 270 g/mol. The van der Waals surface area contributed by atoms with Crippen molar-refractivity contribution in [3.05, 3.63) is 34.8 Å². The van der Waals surface area contributed by atoms with Crippen molar-refractivity contribution in [2.75, 3.05) is 12.8 Å². The molecule has 0 saturated carbocycles. The minimum Gasteiger partial charge on any atom is -0.496 e. The molecule has 0 saturated heterocycles. The van der Waals surface area contributed by atoms with Gasteiger partial charge >= 0.3 is 0 Å². The first-order valence-electron chi connectivity index (χ1n) is 6.55. The van der Waals surface area contributed by atoms with Gasteiger partial charge in [-0.25, -0.2) is 4.98 Å². The molecule has 2 heterocycles. The van der Waals surface area contributed by atoms with E-state index in [1.807, 2.05) is 10.5 Å². The van der Waals surface area contributed by atoms with Crippen LogP contribution in [0, 0.1) is 6.92 Å². The quantitative estimate of drug-likeness (QED) is 0.802. The number of methoxy groups -OCH3 is 1. The number of fused-ring (bicyclic) bond motifs is 1. The average Bonchev–Trinajstić information content (AvgIpc) is 2.98. The number of nitrogen functional groups attached to an aromatic ring is 1. The summed E-state index contributed by atoms with van der Waals surface area (Å²) >= 11 is 1.70. The maximum absolute atomic E-state index is 6.06. The van der Waals surface area contributed by atoms with Gasteiger partial charge in [-0.2, -0.15) is 0 Å². The van der Waals surface area contributed by atoms with Crippen LogP contribution in [0.3, 0.4) is 0 Å².